The molecule has 10 nitrogen and oxygen atoms in total. The second-order valence-corrected chi connectivity index (χ2v) is 0. The molecule has 0 unspecified atom stereocenters. The van der Waals surface area contributed by atoms with Crippen LogP contribution in [0.2, 0.25) is 0 Å². The third kappa shape index (κ3) is 33600. The van der Waals surface area contributed by atoms with Gasteiger partial charge in [-0.3, -0.25) is 21.0 Å². The summed E-state index contributed by atoms with van der Waals surface area (Å²) in [6, 6.07) is 0. The molecular weight excluding hydrogens is 388 g/mol. The summed E-state index contributed by atoms with van der Waals surface area (Å²) < 4.78 is 0. The van der Waals surface area contributed by atoms with Crippen LogP contribution in [0.3, 0.4) is 0 Å². The van der Waals surface area contributed by atoms with Crippen LogP contribution in [0, 0.1) is 9.93 Å². The molecule has 0 rings (SSSR count). The molecule has 0 aromatic carbocycles. The summed E-state index contributed by atoms with van der Waals surface area (Å²) in [5.41, 5.74) is 0. The van der Waals surface area contributed by atoms with E-state index in [2.05, 4.69) is 0 Å². The lowest BCUT2D eigenvalue weighted by Crippen LogP contribution is -1.29. The van der Waals surface area contributed by atoms with Gasteiger partial charge in [0.1, 0.15) is 0 Å². The summed E-state index contributed by atoms with van der Waals surface area (Å²) in [7, 11) is 0. The Kier molecular flexibility index (Phi) is 5070000. The van der Waals surface area contributed by atoms with Crippen molar-refractivity contribution in [3.63, 3.8) is 0 Å². The van der Waals surface area contributed by atoms with Crippen LogP contribution in [0.15, 0.2) is 0 Å². The monoisotopic (exact) mass is 477 g/mol. The minimum Gasteiger partial charge on any atom is -0.412 e. The van der Waals surface area contributed by atoms with E-state index in [0.29, 0.717) is 0 Å². The van der Waals surface area contributed by atoms with Crippen LogP contribution in [0.25, 0.3) is 0 Å². The molecule has 29 heavy (non-hydrogen) atoms. The summed E-state index contributed by atoms with van der Waals surface area (Å²) in [6.07, 6.45) is 0. The van der Waals surface area contributed by atoms with Gasteiger partial charge >= 0.3 is 0 Å². The standard InChI is InChI=1S/19CH4.2H2O2.O2.4H2O/c;;;;;;;;;;;;;;;;;;;3*1-2;;;;/h19*1H4;2*1-2H;;4*1H2. The van der Waals surface area contributed by atoms with Gasteiger partial charge < -0.3 is 21.9 Å². The smallest absolute Gasteiger partial charge is 0 e. The molecule has 12 N–H and O–H groups in total. The molecule has 0 saturated carbocycles. The Morgan fingerprint density at radius 2 is 0.207 bits per heavy atom. The van der Waals surface area contributed by atoms with Gasteiger partial charge in [0.05, 0.1) is 0 Å². The minimum absolute atomic E-state index is 0. The second kappa shape index (κ2) is 36300. The predicted octanol–water partition coefficient (Wildman–Crippen LogP) is 8.89. The van der Waals surface area contributed by atoms with E-state index >= 15 is 0 Å². The van der Waals surface area contributed by atoms with E-state index in [0.717, 1.165) is 0 Å². The highest BCUT2D eigenvalue weighted by atomic mass is 17.0. The second-order valence-electron chi connectivity index (χ2n) is 0. The zero-order valence-corrected chi connectivity index (χ0v) is 4.61. The van der Waals surface area contributed by atoms with Gasteiger partial charge in [0, 0.05) is 9.93 Å². The van der Waals surface area contributed by atoms with Gasteiger partial charge in [0.15, 0.2) is 0 Å². The van der Waals surface area contributed by atoms with Gasteiger partial charge in [-0.05, 0) is 0 Å². The average Bonchev–Trinajstić information content (AvgIpc) is 1.81. The SMILES string of the molecule is C.C.C.C.C.C.C.C.C.C.C.C.C.C.C.C.C.C.C.O.O.O.O.O=O.OO.OO. The summed E-state index contributed by atoms with van der Waals surface area (Å²) in [5, 5.41) is 24.0. The average molecular weight is 477 g/mol. The Bertz CT molecular complexity index is 27.0. The van der Waals surface area contributed by atoms with E-state index in [1.165, 1.54) is 0 Å². The number of hydrogen-bond acceptors (Lipinski definition) is 6. The van der Waals surface area contributed by atoms with E-state index in [1.807, 2.05) is 0 Å². The van der Waals surface area contributed by atoms with Crippen LogP contribution < -0.4 is 0 Å². The highest BCUT2D eigenvalue weighted by Crippen LogP contribution is 0.741. The Balaban J connectivity index is -0.000000000139. The Morgan fingerprint density at radius 3 is 0.207 bits per heavy atom. The maximum atomic E-state index is 7.00. The first-order valence-electron chi connectivity index (χ1n) is 0.567. The van der Waals surface area contributed by atoms with Crippen molar-refractivity contribution >= 4 is 0 Å². The van der Waals surface area contributed by atoms with E-state index < -0.39 is 0 Å². The maximum Gasteiger partial charge on any atom is 0 e. The van der Waals surface area contributed by atoms with Gasteiger partial charge in [0.25, 0.3) is 0 Å². The first-order chi connectivity index (χ1) is 3.00. The van der Waals surface area contributed by atoms with E-state index in [4.69, 9.17) is 31.0 Å². The van der Waals surface area contributed by atoms with Gasteiger partial charge in [-0.1, -0.05) is 141 Å². The topological polar surface area (TPSA) is 241 Å². The van der Waals surface area contributed by atoms with Crippen molar-refractivity contribution in [3.8, 4) is 0 Å². The molecule has 0 heterocycles. The lowest BCUT2D eigenvalue weighted by molar-refractivity contribution is -0.176. The van der Waals surface area contributed by atoms with Crippen LogP contribution in [0.4, 0.5) is 0 Å². The predicted molar refractivity (Wildman–Crippen MR) is 160 cm³/mol. The van der Waals surface area contributed by atoms with Crippen LogP contribution in [0.5, 0.6) is 0 Å². The fraction of sp³-hybridized carbons (Fsp3) is 1.00. The Hall–Kier alpha value is -0.720. The fourth-order valence-corrected chi connectivity index (χ4v) is 0. The van der Waals surface area contributed by atoms with Crippen molar-refractivity contribution in [1.29, 1.82) is 0 Å². The van der Waals surface area contributed by atoms with Gasteiger partial charge in [0.2, 0.25) is 0 Å². The molecule has 0 aliphatic carbocycles. The van der Waals surface area contributed by atoms with Crippen LogP contribution >= 0.6 is 0 Å². The molecule has 0 aliphatic heterocycles. The summed E-state index contributed by atoms with van der Waals surface area (Å²) in [6.45, 7) is 0. The molecule has 0 aromatic rings. The number of rotatable bonds is 0. The first kappa shape index (κ1) is 4050. The molecule has 0 atom stereocenters. The van der Waals surface area contributed by atoms with Crippen LogP contribution in [0.1, 0.15) is 141 Å². The quantitative estimate of drug-likeness (QED) is 0.196. The van der Waals surface area contributed by atoms with Crippen molar-refractivity contribution in [2.75, 3.05) is 0 Å². The third-order valence-electron chi connectivity index (χ3n) is 0. The largest absolute Gasteiger partial charge is 0.412 e. The summed E-state index contributed by atoms with van der Waals surface area (Å²) in [5.74, 6) is 0. The van der Waals surface area contributed by atoms with Gasteiger partial charge in [-0.2, -0.15) is 0 Å². The molecule has 0 radical (unpaired) electrons. The Morgan fingerprint density at radius 1 is 0.207 bits per heavy atom. The molecule has 0 aliphatic rings. The number of hydrogen-bond donors (Lipinski definition) is 4. The minimum atomic E-state index is 0. The van der Waals surface area contributed by atoms with Crippen molar-refractivity contribution < 1.29 is 42.9 Å². The Labute approximate surface area is 194 Å². The molecule has 10 heteroatoms. The van der Waals surface area contributed by atoms with Gasteiger partial charge in [-0.15, -0.1) is 0 Å². The summed E-state index contributed by atoms with van der Waals surface area (Å²) >= 11 is 0. The maximum absolute atomic E-state index is 7.00. The summed E-state index contributed by atoms with van der Waals surface area (Å²) in [4.78, 5) is 14.0. The lowest BCUT2D eigenvalue weighted by atomic mass is 12.0. The molecule has 0 fully saturated rings. The normalized spacial score (nSPS) is 0.552. The molecule has 0 bridgehead atoms. The van der Waals surface area contributed by atoms with Gasteiger partial charge in [-0.25, -0.2) is 0 Å². The molecule has 224 valence electrons. The van der Waals surface area contributed by atoms with Crippen molar-refractivity contribution in [2.45, 2.75) is 141 Å². The molecular formula is C19H88O10. The first-order valence-corrected chi connectivity index (χ1v) is 0.567. The van der Waals surface area contributed by atoms with Crippen molar-refractivity contribution in [1.82, 2.24) is 0 Å². The van der Waals surface area contributed by atoms with E-state index in [-0.39, 0.29) is 163 Å². The zero-order chi connectivity index (χ0) is 6.00. The molecule has 0 amide bonds. The van der Waals surface area contributed by atoms with Crippen molar-refractivity contribution in [3.05, 3.63) is 9.93 Å². The zero-order valence-electron chi connectivity index (χ0n) is 4.61. The van der Waals surface area contributed by atoms with E-state index in [1.54, 1.807) is 0 Å². The third-order valence-corrected chi connectivity index (χ3v) is 0. The van der Waals surface area contributed by atoms with Crippen LogP contribution in [-0.4, -0.2) is 42.9 Å². The highest BCUT2D eigenvalue weighted by Gasteiger charge is 0.748. The molecule has 0 saturated heterocycles. The fourth-order valence-electron chi connectivity index (χ4n) is 0. The lowest BCUT2D eigenvalue weighted by Gasteiger charge is -1.25. The van der Waals surface area contributed by atoms with E-state index in [9.17, 15) is 0 Å². The van der Waals surface area contributed by atoms with Crippen molar-refractivity contribution in [2.24, 2.45) is 0 Å². The molecule has 0 aromatic heterocycles. The highest BCUT2D eigenvalue weighted by molar-refractivity contribution is 4.07. The molecule has 0 spiro atoms. The van der Waals surface area contributed by atoms with Crippen LogP contribution in [-0.2, 0) is 0 Å².